The van der Waals surface area contributed by atoms with Crippen LogP contribution in [0.2, 0.25) is 0 Å². The van der Waals surface area contributed by atoms with E-state index in [0.29, 0.717) is 18.0 Å². The van der Waals surface area contributed by atoms with Gasteiger partial charge in [-0.1, -0.05) is 30.3 Å². The SMILES string of the molecule is COc1ccccc1CNCc1ccc2cc(C(=O)NO)sc2c1. The summed E-state index contributed by atoms with van der Waals surface area (Å²) in [6, 6.07) is 15.8. The van der Waals surface area contributed by atoms with Crippen LogP contribution in [0.15, 0.2) is 48.5 Å². The maximum atomic E-state index is 11.5. The van der Waals surface area contributed by atoms with Crippen molar-refractivity contribution < 1.29 is 14.7 Å². The van der Waals surface area contributed by atoms with E-state index in [1.807, 2.05) is 36.4 Å². The minimum Gasteiger partial charge on any atom is -0.496 e. The van der Waals surface area contributed by atoms with E-state index in [-0.39, 0.29) is 0 Å². The fraction of sp³-hybridized carbons (Fsp3) is 0.167. The van der Waals surface area contributed by atoms with Crippen LogP contribution in [0, 0.1) is 0 Å². The third-order valence-corrected chi connectivity index (χ3v) is 4.84. The quantitative estimate of drug-likeness (QED) is 0.475. The van der Waals surface area contributed by atoms with Crippen molar-refractivity contribution in [3.63, 3.8) is 0 Å². The first kappa shape index (κ1) is 16.4. The van der Waals surface area contributed by atoms with Crippen LogP contribution >= 0.6 is 11.3 Å². The zero-order valence-electron chi connectivity index (χ0n) is 13.2. The van der Waals surface area contributed by atoms with Crippen molar-refractivity contribution in [1.29, 1.82) is 0 Å². The molecule has 6 heteroatoms. The van der Waals surface area contributed by atoms with E-state index in [1.54, 1.807) is 18.7 Å². The normalized spacial score (nSPS) is 10.8. The molecule has 0 saturated carbocycles. The number of ether oxygens (including phenoxy) is 1. The maximum absolute atomic E-state index is 11.5. The summed E-state index contributed by atoms with van der Waals surface area (Å²) in [5.74, 6) is 0.394. The first-order valence-corrected chi connectivity index (χ1v) is 8.32. The molecular formula is C18H18N2O3S. The van der Waals surface area contributed by atoms with E-state index in [9.17, 15) is 4.79 Å². The van der Waals surface area contributed by atoms with Gasteiger partial charge >= 0.3 is 0 Å². The van der Waals surface area contributed by atoms with Crippen molar-refractivity contribution in [1.82, 2.24) is 10.8 Å². The molecule has 1 amide bonds. The van der Waals surface area contributed by atoms with Crippen LogP contribution in [-0.2, 0) is 13.1 Å². The molecule has 0 bridgehead atoms. The van der Waals surface area contributed by atoms with Crippen molar-refractivity contribution in [2.24, 2.45) is 0 Å². The molecule has 0 saturated heterocycles. The Hall–Kier alpha value is -2.41. The molecule has 3 aromatic rings. The maximum Gasteiger partial charge on any atom is 0.284 e. The third kappa shape index (κ3) is 3.56. The topological polar surface area (TPSA) is 70.6 Å². The summed E-state index contributed by atoms with van der Waals surface area (Å²) in [5.41, 5.74) is 3.91. The van der Waals surface area contributed by atoms with Gasteiger partial charge < -0.3 is 10.1 Å². The average Bonchev–Trinajstić information content (AvgIpc) is 3.05. The summed E-state index contributed by atoms with van der Waals surface area (Å²) in [6.45, 7) is 1.43. The van der Waals surface area contributed by atoms with Gasteiger partial charge in [-0.15, -0.1) is 11.3 Å². The van der Waals surface area contributed by atoms with E-state index in [4.69, 9.17) is 9.94 Å². The summed E-state index contributed by atoms with van der Waals surface area (Å²) in [7, 11) is 1.67. The Morgan fingerprint density at radius 2 is 2.00 bits per heavy atom. The summed E-state index contributed by atoms with van der Waals surface area (Å²) in [4.78, 5) is 12.0. The minimum atomic E-state index is -0.480. The highest BCUT2D eigenvalue weighted by Gasteiger charge is 2.09. The van der Waals surface area contributed by atoms with Crippen molar-refractivity contribution in [3.05, 3.63) is 64.5 Å². The Balaban J connectivity index is 1.68. The Morgan fingerprint density at radius 1 is 1.17 bits per heavy atom. The molecule has 24 heavy (non-hydrogen) atoms. The molecular weight excluding hydrogens is 324 g/mol. The van der Waals surface area contributed by atoms with Gasteiger partial charge in [0.15, 0.2) is 0 Å². The molecule has 1 aromatic heterocycles. The van der Waals surface area contributed by atoms with Crippen LogP contribution in [0.1, 0.15) is 20.8 Å². The fourth-order valence-electron chi connectivity index (χ4n) is 2.54. The second kappa shape index (κ2) is 7.44. The highest BCUT2D eigenvalue weighted by atomic mass is 32.1. The van der Waals surface area contributed by atoms with Crippen LogP contribution in [0.4, 0.5) is 0 Å². The Morgan fingerprint density at radius 3 is 2.79 bits per heavy atom. The number of para-hydroxylation sites is 1. The van der Waals surface area contributed by atoms with E-state index in [2.05, 4.69) is 11.4 Å². The van der Waals surface area contributed by atoms with Crippen molar-refractivity contribution in [2.45, 2.75) is 13.1 Å². The molecule has 2 aromatic carbocycles. The van der Waals surface area contributed by atoms with Gasteiger partial charge in [-0.3, -0.25) is 10.0 Å². The number of rotatable bonds is 6. The first-order valence-electron chi connectivity index (χ1n) is 7.51. The summed E-state index contributed by atoms with van der Waals surface area (Å²) in [6.07, 6.45) is 0. The molecule has 0 aliphatic heterocycles. The fourth-order valence-corrected chi connectivity index (χ4v) is 3.56. The molecule has 1 heterocycles. The van der Waals surface area contributed by atoms with E-state index in [0.717, 1.165) is 27.0 Å². The predicted octanol–water partition coefficient (Wildman–Crippen LogP) is 3.32. The Bertz CT molecular complexity index is 860. The van der Waals surface area contributed by atoms with Crippen molar-refractivity contribution in [2.75, 3.05) is 7.11 Å². The predicted molar refractivity (Wildman–Crippen MR) is 94.6 cm³/mol. The summed E-state index contributed by atoms with van der Waals surface area (Å²) < 4.78 is 6.36. The molecule has 124 valence electrons. The van der Waals surface area contributed by atoms with E-state index in [1.165, 1.54) is 11.3 Å². The molecule has 0 radical (unpaired) electrons. The number of hydroxylamine groups is 1. The average molecular weight is 342 g/mol. The number of hydrogen-bond acceptors (Lipinski definition) is 5. The van der Waals surface area contributed by atoms with Gasteiger partial charge in [-0.05, 0) is 29.1 Å². The molecule has 3 rings (SSSR count). The summed E-state index contributed by atoms with van der Waals surface area (Å²) >= 11 is 1.36. The number of benzene rings is 2. The lowest BCUT2D eigenvalue weighted by atomic mass is 10.1. The Kier molecular flexibility index (Phi) is 5.10. The number of hydrogen-bond donors (Lipinski definition) is 3. The number of carbonyl (C=O) groups is 1. The van der Waals surface area contributed by atoms with Crippen LogP contribution in [-0.4, -0.2) is 18.2 Å². The van der Waals surface area contributed by atoms with Gasteiger partial charge in [0.2, 0.25) is 0 Å². The van der Waals surface area contributed by atoms with Gasteiger partial charge in [0.1, 0.15) is 5.75 Å². The van der Waals surface area contributed by atoms with Crippen LogP contribution in [0.5, 0.6) is 5.75 Å². The van der Waals surface area contributed by atoms with Gasteiger partial charge in [-0.25, -0.2) is 5.48 Å². The number of thiophene rings is 1. The third-order valence-electron chi connectivity index (χ3n) is 3.75. The van der Waals surface area contributed by atoms with E-state index < -0.39 is 5.91 Å². The zero-order valence-corrected chi connectivity index (χ0v) is 14.0. The summed E-state index contributed by atoms with van der Waals surface area (Å²) in [5, 5.41) is 13.1. The number of carbonyl (C=O) groups excluding carboxylic acids is 1. The molecule has 0 aliphatic rings. The number of nitrogens with one attached hydrogen (secondary N) is 2. The van der Waals surface area contributed by atoms with Crippen LogP contribution in [0.25, 0.3) is 10.1 Å². The second-order valence-corrected chi connectivity index (χ2v) is 6.42. The smallest absolute Gasteiger partial charge is 0.284 e. The number of amides is 1. The Labute approximate surface area is 143 Å². The zero-order chi connectivity index (χ0) is 16.9. The van der Waals surface area contributed by atoms with Gasteiger partial charge in [0, 0.05) is 23.4 Å². The molecule has 5 nitrogen and oxygen atoms in total. The first-order chi connectivity index (χ1) is 11.7. The van der Waals surface area contributed by atoms with E-state index >= 15 is 0 Å². The van der Waals surface area contributed by atoms with Gasteiger partial charge in [-0.2, -0.15) is 0 Å². The monoisotopic (exact) mass is 342 g/mol. The molecule has 0 aliphatic carbocycles. The van der Waals surface area contributed by atoms with Crippen molar-refractivity contribution >= 4 is 27.3 Å². The molecule has 0 atom stereocenters. The van der Waals surface area contributed by atoms with Gasteiger partial charge in [0.25, 0.3) is 5.91 Å². The van der Waals surface area contributed by atoms with Crippen LogP contribution in [0.3, 0.4) is 0 Å². The lowest BCUT2D eigenvalue weighted by Crippen LogP contribution is -2.16. The largest absolute Gasteiger partial charge is 0.496 e. The highest BCUT2D eigenvalue weighted by molar-refractivity contribution is 7.20. The second-order valence-electron chi connectivity index (χ2n) is 5.34. The molecule has 0 spiro atoms. The van der Waals surface area contributed by atoms with Gasteiger partial charge in [0.05, 0.1) is 12.0 Å². The van der Waals surface area contributed by atoms with Crippen molar-refractivity contribution in [3.8, 4) is 5.75 Å². The molecule has 0 fully saturated rings. The lowest BCUT2D eigenvalue weighted by Gasteiger charge is -2.09. The lowest BCUT2D eigenvalue weighted by molar-refractivity contribution is 0.0711. The molecule has 3 N–H and O–H groups in total. The standard InChI is InChI=1S/C18H18N2O3S/c1-23-15-5-3-2-4-14(15)11-19-10-12-6-7-13-9-17(18(21)20-22)24-16(13)8-12/h2-9,19,22H,10-11H2,1H3,(H,20,21). The molecule has 0 unspecified atom stereocenters. The number of fused-ring (bicyclic) bond motifs is 1. The minimum absolute atomic E-state index is 0.480. The van der Waals surface area contributed by atoms with Crippen LogP contribution < -0.4 is 15.5 Å². The highest BCUT2D eigenvalue weighted by Crippen LogP contribution is 2.26. The number of methoxy groups -OCH3 is 1.